The molecular formula is C86H122N6O9. The zero-order valence-electron chi connectivity index (χ0n) is 64.2. The molecule has 4 saturated carbocycles. The molecule has 4 fully saturated rings. The van der Waals surface area contributed by atoms with Gasteiger partial charge in [0.1, 0.15) is 16.8 Å². The summed E-state index contributed by atoms with van der Waals surface area (Å²) in [6, 6.07) is 20.9. The van der Waals surface area contributed by atoms with Gasteiger partial charge in [-0.1, -0.05) is 80.9 Å². The molecule has 0 saturated heterocycles. The number of nitrogens with one attached hydrogen (secondary N) is 3. The molecule has 15 heteroatoms. The highest BCUT2D eigenvalue weighted by Crippen LogP contribution is 2.51. The second kappa shape index (κ2) is 31.6. The van der Waals surface area contributed by atoms with Crippen molar-refractivity contribution in [1.29, 1.82) is 0 Å². The predicted octanol–water partition coefficient (Wildman–Crippen LogP) is 17.2. The summed E-state index contributed by atoms with van der Waals surface area (Å²) < 4.78 is 16.0. The van der Waals surface area contributed by atoms with Gasteiger partial charge in [-0.2, -0.15) is 0 Å². The predicted molar refractivity (Wildman–Crippen MR) is 403 cm³/mol. The molecule has 0 spiro atoms. The summed E-state index contributed by atoms with van der Waals surface area (Å²) in [5.74, 6) is 3.75. The highest BCUT2D eigenvalue weighted by atomic mass is 16.6. The maximum Gasteiger partial charge on any atom is 0.407 e. The normalized spacial score (nSPS) is 25.4. The Bertz CT molecular complexity index is 3640. The molecular weight excluding hydrogens is 1260 g/mol. The van der Waals surface area contributed by atoms with Crippen LogP contribution in [-0.4, -0.2) is 125 Å². The van der Waals surface area contributed by atoms with Crippen LogP contribution in [0.2, 0.25) is 0 Å². The monoisotopic (exact) mass is 1380 g/mol. The van der Waals surface area contributed by atoms with Crippen LogP contribution in [0.4, 0.5) is 14.4 Å². The van der Waals surface area contributed by atoms with E-state index in [4.69, 9.17) is 14.2 Å². The van der Waals surface area contributed by atoms with Crippen LogP contribution in [0, 0.1) is 68.1 Å². The molecule has 6 amide bonds. The summed E-state index contributed by atoms with van der Waals surface area (Å²) in [6.07, 6.45) is 19.8. The van der Waals surface area contributed by atoms with E-state index >= 15 is 0 Å². The molecule has 3 atom stereocenters. The summed E-state index contributed by atoms with van der Waals surface area (Å²) >= 11 is 0. The first kappa shape index (κ1) is 75.3. The molecule has 0 aromatic heterocycles. The lowest BCUT2D eigenvalue weighted by Crippen LogP contribution is -2.50. The second-order valence-corrected chi connectivity index (χ2v) is 35.0. The molecule has 3 unspecified atom stereocenters. The van der Waals surface area contributed by atoms with Gasteiger partial charge in [0.25, 0.3) is 0 Å². The Kier molecular flexibility index (Phi) is 23.5. The third-order valence-corrected chi connectivity index (χ3v) is 23.5. The van der Waals surface area contributed by atoms with Crippen molar-refractivity contribution in [3.05, 3.63) is 121 Å². The fourth-order valence-electron chi connectivity index (χ4n) is 18.8. The van der Waals surface area contributed by atoms with Crippen LogP contribution in [-0.2, 0) is 47.9 Å². The number of hydrogen-bond donors (Lipinski definition) is 3. The Morgan fingerprint density at radius 3 is 1.30 bits per heavy atom. The van der Waals surface area contributed by atoms with Gasteiger partial charge >= 0.3 is 18.3 Å². The number of benzene rings is 3. The van der Waals surface area contributed by atoms with Crippen molar-refractivity contribution in [2.24, 2.45) is 47.3 Å². The van der Waals surface area contributed by atoms with E-state index < -0.39 is 16.8 Å². The topological polar surface area (TPSA) is 176 Å². The Hall–Kier alpha value is -6.90. The number of rotatable bonds is 12. The van der Waals surface area contributed by atoms with E-state index in [-0.39, 0.29) is 48.1 Å². The van der Waals surface area contributed by atoms with Gasteiger partial charge in [-0.25, -0.2) is 14.4 Å². The Morgan fingerprint density at radius 1 is 0.465 bits per heavy atom. The highest BCUT2D eigenvalue weighted by molar-refractivity contribution is 5.88. The fourth-order valence-corrected chi connectivity index (χ4v) is 18.8. The zero-order valence-corrected chi connectivity index (χ0v) is 64.2. The number of carbonyl (C=O) groups is 6. The van der Waals surface area contributed by atoms with Gasteiger partial charge in [-0.05, 0) is 325 Å². The Morgan fingerprint density at radius 2 is 0.861 bits per heavy atom. The Labute approximate surface area is 604 Å². The summed E-state index contributed by atoms with van der Waals surface area (Å²) in [7, 11) is 0. The van der Waals surface area contributed by atoms with E-state index in [1.807, 2.05) is 62.3 Å². The zero-order chi connectivity index (χ0) is 72.4. The van der Waals surface area contributed by atoms with Crippen LogP contribution in [0.3, 0.4) is 0 Å². The number of carbonyl (C=O) groups excluding carboxylic acids is 6. The van der Waals surface area contributed by atoms with Crippen LogP contribution < -0.4 is 16.0 Å². The van der Waals surface area contributed by atoms with Crippen LogP contribution in [0.15, 0.2) is 71.3 Å². The summed E-state index contributed by atoms with van der Waals surface area (Å²) in [5.41, 5.74) is 20.4. The molecule has 0 bridgehead atoms. The van der Waals surface area contributed by atoms with Crippen molar-refractivity contribution in [2.45, 2.75) is 274 Å². The van der Waals surface area contributed by atoms with E-state index in [0.717, 1.165) is 142 Å². The van der Waals surface area contributed by atoms with Gasteiger partial charge < -0.3 is 44.9 Å². The lowest BCUT2D eigenvalue weighted by molar-refractivity contribution is -0.140. The minimum Gasteiger partial charge on any atom is -0.444 e. The average Bonchev–Trinajstić information content (AvgIpc) is 1.14. The number of ether oxygens (including phenoxy) is 3. The van der Waals surface area contributed by atoms with E-state index in [2.05, 4.69) is 127 Å². The summed E-state index contributed by atoms with van der Waals surface area (Å²) in [5, 5.41) is 8.74. The lowest BCUT2D eigenvalue weighted by Gasteiger charge is -2.42. The van der Waals surface area contributed by atoms with Gasteiger partial charge in [0.15, 0.2) is 0 Å². The molecule has 550 valence electrons. The van der Waals surface area contributed by atoms with Gasteiger partial charge in [0.2, 0.25) is 17.7 Å². The SMILES string of the molecule is CCC1C2=C(CCN1C(=O)C1CCC(CNC(=O)OC(C)(C)C)CC1)c1c(C)cccc1C2.Cc1ccc2c(c1)CC1=C2CCN(C(=O)C2CCC(CNC(=O)OC(C)(C)C)CC2)C1C1CC1.Cc1cccc2c1C1=C(C2)C(C(C)C)N(C(=O)C2CCC(CNC(=O)OC(C)(C)C)CC2)CC1. The van der Waals surface area contributed by atoms with Gasteiger partial charge in [0, 0.05) is 57.0 Å². The number of fused-ring (bicyclic) bond motifs is 6. The molecule has 0 radical (unpaired) electrons. The number of hydrogen-bond acceptors (Lipinski definition) is 9. The van der Waals surface area contributed by atoms with Crippen LogP contribution >= 0.6 is 0 Å². The molecule has 3 aromatic carbocycles. The Balaban J connectivity index is 0.000000153. The third-order valence-electron chi connectivity index (χ3n) is 23.5. The van der Waals surface area contributed by atoms with E-state index in [9.17, 15) is 28.8 Å². The first-order valence-electron chi connectivity index (χ1n) is 39.2. The van der Waals surface area contributed by atoms with Gasteiger partial charge in [0.05, 0.1) is 18.1 Å². The summed E-state index contributed by atoms with van der Waals surface area (Å²) in [6.45, 7) is 34.6. The number of amides is 6. The van der Waals surface area contributed by atoms with Crippen molar-refractivity contribution in [3.8, 4) is 0 Å². The number of nitrogens with zero attached hydrogens (tertiary/aromatic N) is 3. The van der Waals surface area contributed by atoms with E-state index in [0.29, 0.717) is 73.0 Å². The van der Waals surface area contributed by atoms with Crippen LogP contribution in [0.25, 0.3) is 16.7 Å². The van der Waals surface area contributed by atoms with Crippen molar-refractivity contribution in [3.63, 3.8) is 0 Å². The number of aryl methyl sites for hydroxylation is 3. The third kappa shape index (κ3) is 18.2. The number of alkyl carbamates (subject to hydrolysis) is 3. The molecule has 3 heterocycles. The minimum absolute atomic E-state index is 0.103. The largest absolute Gasteiger partial charge is 0.444 e. The van der Waals surface area contributed by atoms with Gasteiger partial charge in [-0.3, -0.25) is 14.4 Å². The van der Waals surface area contributed by atoms with E-state index in [1.54, 1.807) is 0 Å². The summed E-state index contributed by atoms with van der Waals surface area (Å²) in [4.78, 5) is 83.7. The maximum atomic E-state index is 13.8. The van der Waals surface area contributed by atoms with Crippen molar-refractivity contribution < 1.29 is 43.0 Å². The molecule has 3 N–H and O–H groups in total. The van der Waals surface area contributed by atoms with Gasteiger partial charge in [-0.15, -0.1) is 0 Å². The van der Waals surface area contributed by atoms with Crippen LogP contribution in [0.5, 0.6) is 0 Å². The second-order valence-electron chi connectivity index (χ2n) is 35.0. The average molecular weight is 1380 g/mol. The minimum atomic E-state index is -0.482. The van der Waals surface area contributed by atoms with Crippen LogP contribution in [0.1, 0.15) is 249 Å². The van der Waals surface area contributed by atoms with Crippen molar-refractivity contribution in [1.82, 2.24) is 30.7 Å². The lowest BCUT2D eigenvalue weighted by atomic mass is 9.79. The molecule has 7 aliphatic carbocycles. The van der Waals surface area contributed by atoms with Crippen molar-refractivity contribution >= 4 is 52.7 Å². The molecule has 101 heavy (non-hydrogen) atoms. The highest BCUT2D eigenvalue weighted by Gasteiger charge is 2.47. The van der Waals surface area contributed by atoms with E-state index in [1.165, 1.54) is 96.4 Å². The fraction of sp³-hybridized carbons (Fsp3) is 0.651. The molecule has 15 nitrogen and oxygen atoms in total. The van der Waals surface area contributed by atoms with Crippen molar-refractivity contribution in [2.75, 3.05) is 39.3 Å². The standard InChI is InChI=1S/C29H40N2O3.C29H42N2O3.C28H40N2O3/c1-18-5-12-23-22(15-18)16-25-24(23)13-14-31(26(25)20-10-11-20)27(32)21-8-6-19(7-9-21)17-30-28(33)34-29(2,3)4;1-18(2)26-24-16-22-9-7-8-19(3)25(22)23(24)14-15-31(26)27(32)21-12-10-20(11-13-21)17-30-28(33)34-29(4,5)6;1-6-24-23-16-21-9-7-8-18(2)25(21)22(23)14-15-30(24)26(31)20-12-10-19(11-13-20)17-29-27(32)33-28(3,4)5/h5,12,15,19-21,26H,6-11,13-14,16-17H2,1-4H3,(H,30,33);7-9,18,20-21,26H,10-17H2,1-6H3,(H,30,33);7-9,19-20,24H,6,10-17H2,1-5H3,(H,29,32). The molecule has 13 rings (SSSR count). The maximum absolute atomic E-state index is 13.8. The smallest absolute Gasteiger partial charge is 0.407 e. The quantitative estimate of drug-likeness (QED) is 0.149. The first-order chi connectivity index (χ1) is 47.9. The molecule has 10 aliphatic rings. The first-order valence-corrected chi connectivity index (χ1v) is 39.2. The molecule has 3 aliphatic heterocycles. The molecule has 3 aromatic rings.